The quantitative estimate of drug-likeness (QED) is 0.368. The lowest BCUT2D eigenvalue weighted by Gasteiger charge is -2.12. The summed E-state index contributed by atoms with van der Waals surface area (Å²) in [5.74, 6) is -0.636. The molecule has 1 N–H and O–H groups in total. The largest absolute Gasteiger partial charge is 0.493 e. The monoisotopic (exact) mass is 427 g/mol. The maximum absolute atomic E-state index is 13.3. The maximum Gasteiger partial charge on any atom is 0.338 e. The predicted molar refractivity (Wildman–Crippen MR) is 123 cm³/mol. The van der Waals surface area contributed by atoms with E-state index in [1.807, 2.05) is 36.4 Å². The van der Waals surface area contributed by atoms with Crippen molar-refractivity contribution in [2.24, 2.45) is 4.99 Å². The van der Waals surface area contributed by atoms with Crippen molar-refractivity contribution in [3.05, 3.63) is 106 Å². The first kappa shape index (κ1) is 20.9. The standard InChI is InChI=1S/C25H21N3O4/c1-2-32-25(31)18-13-15-19(16-14-18)26-17-22-23(29)27(20-9-5-3-6-10-20)28(24(22)30)21-11-7-4-8-12-21/h3-17,29H,2H2,1H3. The Hall–Kier alpha value is -4.39. The van der Waals surface area contributed by atoms with Gasteiger partial charge in [-0.2, -0.15) is 0 Å². The number of aliphatic imine (C=N–C) groups is 1. The van der Waals surface area contributed by atoms with Crippen molar-refractivity contribution < 1.29 is 14.6 Å². The highest BCUT2D eigenvalue weighted by molar-refractivity contribution is 5.90. The van der Waals surface area contributed by atoms with Crippen molar-refractivity contribution in [3.8, 4) is 17.3 Å². The van der Waals surface area contributed by atoms with E-state index in [-0.39, 0.29) is 11.4 Å². The van der Waals surface area contributed by atoms with E-state index in [0.29, 0.717) is 29.2 Å². The maximum atomic E-state index is 13.3. The molecule has 0 saturated heterocycles. The van der Waals surface area contributed by atoms with Crippen LogP contribution in [-0.4, -0.2) is 33.3 Å². The van der Waals surface area contributed by atoms with E-state index in [0.717, 1.165) is 0 Å². The molecule has 7 heteroatoms. The molecule has 0 saturated carbocycles. The lowest BCUT2D eigenvalue weighted by molar-refractivity contribution is 0.0526. The van der Waals surface area contributed by atoms with Gasteiger partial charge in [0.05, 0.1) is 29.2 Å². The predicted octanol–water partition coefficient (Wildman–Crippen LogP) is 4.26. The van der Waals surface area contributed by atoms with Crippen LogP contribution in [0.2, 0.25) is 0 Å². The third-order valence-corrected chi connectivity index (χ3v) is 4.79. The molecule has 0 radical (unpaired) electrons. The summed E-state index contributed by atoms with van der Waals surface area (Å²) >= 11 is 0. The van der Waals surface area contributed by atoms with Crippen molar-refractivity contribution in [1.82, 2.24) is 9.36 Å². The van der Waals surface area contributed by atoms with E-state index in [9.17, 15) is 14.7 Å². The number of rotatable bonds is 6. The Balaban J connectivity index is 1.76. The van der Waals surface area contributed by atoms with Crippen LogP contribution in [0.5, 0.6) is 5.88 Å². The Morgan fingerprint density at radius 1 is 0.906 bits per heavy atom. The molecule has 0 spiro atoms. The SMILES string of the molecule is CCOC(=O)c1ccc(N=Cc2c(O)n(-c3ccccc3)n(-c3ccccc3)c2=O)cc1. The Morgan fingerprint density at radius 3 is 2.03 bits per heavy atom. The minimum atomic E-state index is -0.413. The fourth-order valence-corrected chi connectivity index (χ4v) is 3.27. The molecule has 0 aliphatic heterocycles. The Morgan fingerprint density at radius 2 is 1.47 bits per heavy atom. The van der Waals surface area contributed by atoms with Crippen molar-refractivity contribution in [3.63, 3.8) is 0 Å². The molecule has 0 amide bonds. The summed E-state index contributed by atoms with van der Waals surface area (Å²) in [6, 6.07) is 24.7. The molecule has 1 aromatic heterocycles. The van der Waals surface area contributed by atoms with Gasteiger partial charge in [0.25, 0.3) is 5.56 Å². The second-order valence-corrected chi connectivity index (χ2v) is 6.86. The van der Waals surface area contributed by atoms with Crippen molar-refractivity contribution in [2.75, 3.05) is 6.61 Å². The van der Waals surface area contributed by atoms with Crippen LogP contribution in [0.25, 0.3) is 11.4 Å². The highest BCUT2D eigenvalue weighted by atomic mass is 16.5. The molecule has 0 unspecified atom stereocenters. The number of nitrogens with zero attached hydrogens (tertiary/aromatic N) is 3. The Kier molecular flexibility index (Phi) is 5.98. The summed E-state index contributed by atoms with van der Waals surface area (Å²) < 4.78 is 7.82. The van der Waals surface area contributed by atoms with Crippen LogP contribution < -0.4 is 5.56 Å². The van der Waals surface area contributed by atoms with E-state index < -0.39 is 11.5 Å². The topological polar surface area (TPSA) is 85.8 Å². The summed E-state index contributed by atoms with van der Waals surface area (Å²) in [6.45, 7) is 2.04. The normalized spacial score (nSPS) is 11.0. The van der Waals surface area contributed by atoms with Gasteiger partial charge in [-0.05, 0) is 55.5 Å². The average molecular weight is 427 g/mol. The molecule has 1 heterocycles. The molecule has 0 aliphatic rings. The zero-order valence-corrected chi connectivity index (χ0v) is 17.4. The van der Waals surface area contributed by atoms with E-state index in [1.165, 1.54) is 15.6 Å². The molecule has 4 rings (SSSR count). The van der Waals surface area contributed by atoms with Crippen molar-refractivity contribution >= 4 is 17.9 Å². The van der Waals surface area contributed by atoms with E-state index in [1.54, 1.807) is 55.5 Å². The number of aromatic nitrogens is 2. The van der Waals surface area contributed by atoms with E-state index in [2.05, 4.69) is 4.99 Å². The number of carbonyl (C=O) groups is 1. The molecule has 160 valence electrons. The lowest BCUT2D eigenvalue weighted by atomic mass is 10.2. The number of ether oxygens (including phenoxy) is 1. The smallest absolute Gasteiger partial charge is 0.338 e. The minimum Gasteiger partial charge on any atom is -0.493 e. The molecular weight excluding hydrogens is 406 g/mol. The minimum absolute atomic E-state index is 0.0483. The average Bonchev–Trinajstić information content (AvgIpc) is 3.08. The van der Waals surface area contributed by atoms with Gasteiger partial charge in [-0.3, -0.25) is 9.79 Å². The zero-order chi connectivity index (χ0) is 22.5. The van der Waals surface area contributed by atoms with Crippen molar-refractivity contribution in [1.29, 1.82) is 0 Å². The highest BCUT2D eigenvalue weighted by Gasteiger charge is 2.20. The number of para-hydroxylation sites is 2. The molecule has 0 aliphatic carbocycles. The third kappa shape index (κ3) is 4.09. The summed E-state index contributed by atoms with van der Waals surface area (Å²) in [7, 11) is 0. The number of carbonyl (C=O) groups excluding carboxylic acids is 1. The Bertz CT molecular complexity index is 1310. The summed E-state index contributed by atoms with van der Waals surface area (Å²) in [5, 5.41) is 10.9. The second-order valence-electron chi connectivity index (χ2n) is 6.86. The van der Waals surface area contributed by atoms with Gasteiger partial charge in [0.15, 0.2) is 0 Å². The first-order chi connectivity index (χ1) is 15.6. The van der Waals surface area contributed by atoms with Crippen LogP contribution in [0.15, 0.2) is 94.7 Å². The summed E-state index contributed by atoms with van der Waals surface area (Å²) in [5.41, 5.74) is 1.81. The number of hydrogen-bond acceptors (Lipinski definition) is 5. The van der Waals surface area contributed by atoms with Crippen LogP contribution >= 0.6 is 0 Å². The van der Waals surface area contributed by atoms with Gasteiger partial charge in [0.1, 0.15) is 5.56 Å². The molecular formula is C25H21N3O4. The summed E-state index contributed by atoms with van der Waals surface area (Å²) in [4.78, 5) is 29.4. The van der Waals surface area contributed by atoms with Crippen LogP contribution in [0.1, 0.15) is 22.8 Å². The van der Waals surface area contributed by atoms with Gasteiger partial charge < -0.3 is 9.84 Å². The van der Waals surface area contributed by atoms with Gasteiger partial charge in [-0.15, -0.1) is 0 Å². The first-order valence-electron chi connectivity index (χ1n) is 10.1. The third-order valence-electron chi connectivity index (χ3n) is 4.79. The van der Waals surface area contributed by atoms with E-state index >= 15 is 0 Å². The Labute approximate surface area is 184 Å². The van der Waals surface area contributed by atoms with Gasteiger partial charge in [0, 0.05) is 6.21 Å². The molecule has 7 nitrogen and oxygen atoms in total. The fraction of sp³-hybridized carbons (Fsp3) is 0.0800. The summed E-state index contributed by atoms with van der Waals surface area (Å²) in [6.07, 6.45) is 1.33. The van der Waals surface area contributed by atoms with Crippen LogP contribution in [0.3, 0.4) is 0 Å². The molecule has 32 heavy (non-hydrogen) atoms. The van der Waals surface area contributed by atoms with Crippen LogP contribution in [-0.2, 0) is 4.74 Å². The molecule has 0 fully saturated rings. The number of esters is 1. The van der Waals surface area contributed by atoms with E-state index in [4.69, 9.17) is 4.74 Å². The van der Waals surface area contributed by atoms with Crippen LogP contribution in [0.4, 0.5) is 5.69 Å². The number of hydrogen-bond donors (Lipinski definition) is 1. The second kappa shape index (κ2) is 9.18. The van der Waals surface area contributed by atoms with Crippen LogP contribution in [0, 0.1) is 0 Å². The molecule has 0 bridgehead atoms. The molecule has 4 aromatic rings. The van der Waals surface area contributed by atoms with Crippen molar-refractivity contribution in [2.45, 2.75) is 6.92 Å². The molecule has 0 atom stereocenters. The van der Waals surface area contributed by atoms with Gasteiger partial charge in [-0.1, -0.05) is 36.4 Å². The lowest BCUT2D eigenvalue weighted by Crippen LogP contribution is -2.21. The number of aromatic hydroxyl groups is 1. The molecule has 3 aromatic carbocycles. The first-order valence-corrected chi connectivity index (χ1v) is 10.1. The van der Waals surface area contributed by atoms with Gasteiger partial charge in [-0.25, -0.2) is 14.2 Å². The highest BCUT2D eigenvalue weighted by Crippen LogP contribution is 2.23. The zero-order valence-electron chi connectivity index (χ0n) is 17.4. The van der Waals surface area contributed by atoms with Gasteiger partial charge >= 0.3 is 5.97 Å². The van der Waals surface area contributed by atoms with Gasteiger partial charge in [0.2, 0.25) is 5.88 Å². The fourth-order valence-electron chi connectivity index (χ4n) is 3.27. The number of benzene rings is 3.